The summed E-state index contributed by atoms with van der Waals surface area (Å²) >= 11 is 12.6. The normalized spacial score (nSPS) is 13.5. The van der Waals surface area contributed by atoms with Crippen molar-refractivity contribution in [2.24, 2.45) is 0 Å². The number of nitrogens with zero attached hydrogens (tertiary/aromatic N) is 2. The number of carbonyl (C=O) groups is 2. The predicted octanol–water partition coefficient (Wildman–Crippen LogP) is 6.03. The number of fused-ring (bicyclic) bond motifs is 1. The van der Waals surface area contributed by atoms with Crippen molar-refractivity contribution in [1.29, 1.82) is 0 Å². The number of nitrogens with one attached hydrogen (secondary N) is 2. The van der Waals surface area contributed by atoms with Gasteiger partial charge >= 0.3 is 0 Å². The lowest BCUT2D eigenvalue weighted by Gasteiger charge is -2.18. The number of imidazole rings is 1. The number of aromatic nitrogens is 2. The van der Waals surface area contributed by atoms with Crippen LogP contribution >= 0.6 is 23.2 Å². The second kappa shape index (κ2) is 8.89. The summed E-state index contributed by atoms with van der Waals surface area (Å²) in [7, 11) is 0. The molecule has 6 nitrogen and oxygen atoms in total. The lowest BCUT2D eigenvalue weighted by Crippen LogP contribution is -2.28. The first-order valence-electron chi connectivity index (χ1n) is 10.6. The van der Waals surface area contributed by atoms with Crippen molar-refractivity contribution in [3.63, 3.8) is 0 Å². The third-order valence-electron chi connectivity index (χ3n) is 5.74. The van der Waals surface area contributed by atoms with Crippen molar-refractivity contribution < 1.29 is 9.59 Å². The molecular formula is C25H20Cl2N4O2. The molecule has 5 rings (SSSR count). The molecule has 2 N–H and O–H groups in total. The summed E-state index contributed by atoms with van der Waals surface area (Å²) < 4.78 is 0. The molecule has 0 spiro atoms. The molecule has 2 heterocycles. The first-order valence-corrected chi connectivity index (χ1v) is 11.4. The van der Waals surface area contributed by atoms with Gasteiger partial charge in [0.2, 0.25) is 0 Å². The molecule has 4 aromatic rings. The molecule has 1 fully saturated rings. The van der Waals surface area contributed by atoms with E-state index >= 15 is 0 Å². The van der Waals surface area contributed by atoms with Crippen molar-refractivity contribution in [3.8, 4) is 11.4 Å². The number of amides is 2. The maximum absolute atomic E-state index is 13.0. The highest BCUT2D eigenvalue weighted by atomic mass is 35.5. The summed E-state index contributed by atoms with van der Waals surface area (Å²) in [5.74, 6) is 0.152. The van der Waals surface area contributed by atoms with Crippen LogP contribution in [0.5, 0.6) is 0 Å². The lowest BCUT2D eigenvalue weighted by molar-refractivity contribution is 0.0794. The van der Waals surface area contributed by atoms with Gasteiger partial charge in [-0.2, -0.15) is 0 Å². The van der Waals surface area contributed by atoms with Gasteiger partial charge in [0.1, 0.15) is 5.82 Å². The Morgan fingerprint density at radius 1 is 0.939 bits per heavy atom. The number of carbonyl (C=O) groups excluding carboxylic acids is 2. The van der Waals surface area contributed by atoms with Gasteiger partial charge < -0.3 is 15.2 Å². The summed E-state index contributed by atoms with van der Waals surface area (Å²) in [6.07, 6.45) is 2.01. The van der Waals surface area contributed by atoms with Gasteiger partial charge in [-0.05, 0) is 55.3 Å². The number of likely N-dealkylation sites (tertiary alicyclic amines) is 1. The second-order valence-corrected chi connectivity index (χ2v) is 8.73. The summed E-state index contributed by atoms with van der Waals surface area (Å²) in [4.78, 5) is 35.5. The van der Waals surface area contributed by atoms with E-state index in [0.29, 0.717) is 49.3 Å². The van der Waals surface area contributed by atoms with Crippen LogP contribution in [0.2, 0.25) is 10.0 Å². The zero-order chi connectivity index (χ0) is 22.9. The Labute approximate surface area is 200 Å². The number of H-pyrrole nitrogens is 1. The van der Waals surface area contributed by atoms with Crippen LogP contribution in [-0.2, 0) is 0 Å². The zero-order valence-electron chi connectivity index (χ0n) is 17.6. The average Bonchev–Trinajstić information content (AvgIpc) is 3.48. The Hall–Kier alpha value is -3.35. The van der Waals surface area contributed by atoms with Gasteiger partial charge in [-0.1, -0.05) is 41.4 Å². The van der Waals surface area contributed by atoms with E-state index in [1.807, 2.05) is 4.90 Å². The van der Waals surface area contributed by atoms with Gasteiger partial charge in [0.05, 0.1) is 37.9 Å². The Balaban J connectivity index is 1.42. The van der Waals surface area contributed by atoms with Gasteiger partial charge in [0.25, 0.3) is 11.8 Å². The first-order chi connectivity index (χ1) is 16.0. The largest absolute Gasteiger partial charge is 0.339 e. The molecular weight excluding hydrogens is 459 g/mol. The Bertz CT molecular complexity index is 1360. The van der Waals surface area contributed by atoms with Crippen LogP contribution in [0.3, 0.4) is 0 Å². The smallest absolute Gasteiger partial charge is 0.255 e. The summed E-state index contributed by atoms with van der Waals surface area (Å²) in [6.45, 7) is 1.49. The van der Waals surface area contributed by atoms with E-state index < -0.39 is 0 Å². The van der Waals surface area contributed by atoms with Crippen molar-refractivity contribution in [2.75, 3.05) is 18.4 Å². The van der Waals surface area contributed by atoms with Gasteiger partial charge in [0, 0.05) is 18.7 Å². The Morgan fingerprint density at radius 2 is 1.67 bits per heavy atom. The van der Waals surface area contributed by atoms with Gasteiger partial charge in [-0.15, -0.1) is 0 Å². The fraction of sp³-hybridized carbons (Fsp3) is 0.160. The van der Waals surface area contributed by atoms with E-state index in [1.54, 1.807) is 60.7 Å². The quantitative estimate of drug-likeness (QED) is 0.376. The number of hydrogen-bond donors (Lipinski definition) is 2. The highest BCUT2D eigenvalue weighted by molar-refractivity contribution is 6.39. The van der Waals surface area contributed by atoms with E-state index in [-0.39, 0.29) is 11.8 Å². The SMILES string of the molecule is O=C(Nc1ccccc1C(=O)N1CCCC1)c1ccc2nc(-c3c(Cl)cccc3Cl)[nH]c2c1. The molecule has 33 heavy (non-hydrogen) atoms. The van der Waals surface area contributed by atoms with Crippen LogP contribution in [-0.4, -0.2) is 39.8 Å². The summed E-state index contributed by atoms with van der Waals surface area (Å²) in [6, 6.07) is 17.5. The van der Waals surface area contributed by atoms with Crippen molar-refractivity contribution in [3.05, 3.63) is 81.8 Å². The third-order valence-corrected chi connectivity index (χ3v) is 6.37. The van der Waals surface area contributed by atoms with E-state index in [0.717, 1.165) is 25.9 Å². The number of hydrogen-bond acceptors (Lipinski definition) is 3. The molecule has 2 amide bonds. The highest BCUT2D eigenvalue weighted by Gasteiger charge is 2.22. The van der Waals surface area contributed by atoms with Crippen LogP contribution in [0, 0.1) is 0 Å². The average molecular weight is 479 g/mol. The predicted molar refractivity (Wildman–Crippen MR) is 131 cm³/mol. The van der Waals surface area contributed by atoms with E-state index in [2.05, 4.69) is 15.3 Å². The molecule has 0 unspecified atom stereocenters. The summed E-state index contributed by atoms with van der Waals surface area (Å²) in [5.41, 5.74) is 3.39. The van der Waals surface area contributed by atoms with E-state index in [9.17, 15) is 9.59 Å². The van der Waals surface area contributed by atoms with Gasteiger partial charge in [-0.25, -0.2) is 4.98 Å². The Morgan fingerprint density at radius 3 is 2.42 bits per heavy atom. The number of benzene rings is 3. The lowest BCUT2D eigenvalue weighted by atomic mass is 10.1. The standard InChI is InChI=1S/C25H20Cl2N4O2/c26-17-7-5-8-18(27)22(17)23-28-20-11-10-15(14-21(20)29-23)24(32)30-19-9-2-1-6-16(19)25(33)31-12-3-4-13-31/h1-2,5-11,14H,3-4,12-13H2,(H,28,29)(H,30,32). The molecule has 0 bridgehead atoms. The second-order valence-electron chi connectivity index (χ2n) is 7.91. The van der Waals surface area contributed by atoms with Crippen LogP contribution < -0.4 is 5.32 Å². The monoisotopic (exact) mass is 478 g/mol. The number of rotatable bonds is 4. The van der Waals surface area contributed by atoms with E-state index in [4.69, 9.17) is 23.2 Å². The fourth-order valence-electron chi connectivity index (χ4n) is 4.06. The van der Waals surface area contributed by atoms with Crippen LogP contribution in [0.25, 0.3) is 22.4 Å². The number of halogens is 2. The molecule has 0 radical (unpaired) electrons. The molecule has 8 heteroatoms. The molecule has 0 aliphatic carbocycles. The van der Waals surface area contributed by atoms with Crippen molar-refractivity contribution in [2.45, 2.75) is 12.8 Å². The number of para-hydroxylation sites is 1. The molecule has 3 aromatic carbocycles. The minimum absolute atomic E-state index is 0.0614. The fourth-order valence-corrected chi connectivity index (χ4v) is 4.63. The minimum atomic E-state index is -0.314. The van der Waals surface area contributed by atoms with Crippen LogP contribution in [0.1, 0.15) is 33.6 Å². The third kappa shape index (κ3) is 4.19. The molecule has 1 aliphatic heterocycles. The topological polar surface area (TPSA) is 78.1 Å². The maximum atomic E-state index is 13.0. The zero-order valence-corrected chi connectivity index (χ0v) is 19.1. The maximum Gasteiger partial charge on any atom is 0.255 e. The highest BCUT2D eigenvalue weighted by Crippen LogP contribution is 2.34. The first kappa shape index (κ1) is 21.5. The molecule has 166 valence electrons. The van der Waals surface area contributed by atoms with Crippen molar-refractivity contribution >= 4 is 51.7 Å². The summed E-state index contributed by atoms with van der Waals surface area (Å²) in [5, 5.41) is 3.86. The molecule has 0 saturated carbocycles. The molecule has 0 atom stereocenters. The molecule has 1 aromatic heterocycles. The van der Waals surface area contributed by atoms with Crippen LogP contribution in [0.4, 0.5) is 5.69 Å². The number of anilines is 1. The van der Waals surface area contributed by atoms with Gasteiger partial charge in [0.15, 0.2) is 0 Å². The Kier molecular flexibility index (Phi) is 5.79. The van der Waals surface area contributed by atoms with Crippen LogP contribution in [0.15, 0.2) is 60.7 Å². The van der Waals surface area contributed by atoms with Gasteiger partial charge in [-0.3, -0.25) is 9.59 Å². The molecule has 1 saturated heterocycles. The van der Waals surface area contributed by atoms with E-state index in [1.165, 1.54) is 0 Å². The molecule has 1 aliphatic rings. The van der Waals surface area contributed by atoms with Crippen molar-refractivity contribution in [1.82, 2.24) is 14.9 Å². The number of aromatic amines is 1. The minimum Gasteiger partial charge on any atom is -0.339 e.